The summed E-state index contributed by atoms with van der Waals surface area (Å²) < 4.78 is 27.3. The summed E-state index contributed by atoms with van der Waals surface area (Å²) in [4.78, 5) is 14.5. The maximum absolute atomic E-state index is 12.9. The lowest BCUT2D eigenvalue weighted by atomic mass is 9.81. The molecule has 158 valence electrons. The average molecular weight is 419 g/mol. The van der Waals surface area contributed by atoms with Crippen LogP contribution in [-0.4, -0.2) is 55.8 Å². The lowest BCUT2D eigenvalue weighted by molar-refractivity contribution is -0.132. The van der Waals surface area contributed by atoms with Crippen LogP contribution in [-0.2, 0) is 14.8 Å². The second-order valence-corrected chi connectivity index (χ2v) is 9.94. The highest BCUT2D eigenvalue weighted by Gasteiger charge is 2.38. The molecule has 1 saturated heterocycles. The van der Waals surface area contributed by atoms with Crippen molar-refractivity contribution in [2.45, 2.75) is 61.8 Å². The summed E-state index contributed by atoms with van der Waals surface area (Å²) in [6.07, 6.45) is 7.25. The van der Waals surface area contributed by atoms with Gasteiger partial charge in [0.15, 0.2) is 0 Å². The van der Waals surface area contributed by atoms with E-state index in [1.165, 1.54) is 4.31 Å². The van der Waals surface area contributed by atoms with Crippen LogP contribution in [0.2, 0.25) is 0 Å². The number of amides is 1. The van der Waals surface area contributed by atoms with Gasteiger partial charge in [-0.3, -0.25) is 4.79 Å². The molecule has 2 fully saturated rings. The van der Waals surface area contributed by atoms with Gasteiger partial charge in [0.1, 0.15) is 5.54 Å². The Morgan fingerprint density at radius 2 is 1.83 bits per heavy atom. The van der Waals surface area contributed by atoms with Gasteiger partial charge in [-0.25, -0.2) is 8.42 Å². The second kappa shape index (κ2) is 9.14. The molecule has 1 saturated carbocycles. The lowest BCUT2D eigenvalue weighted by Gasteiger charge is -2.39. The minimum Gasteiger partial charge on any atom is -0.376 e. The van der Waals surface area contributed by atoms with Gasteiger partial charge in [-0.1, -0.05) is 31.7 Å². The third kappa shape index (κ3) is 4.73. The van der Waals surface area contributed by atoms with Crippen molar-refractivity contribution in [2.75, 3.05) is 32.0 Å². The van der Waals surface area contributed by atoms with E-state index in [1.807, 2.05) is 0 Å². The number of carbonyl (C=O) groups excluding carboxylic acids is 1. The van der Waals surface area contributed by atoms with Crippen molar-refractivity contribution in [3.05, 3.63) is 24.3 Å². The van der Waals surface area contributed by atoms with Crippen LogP contribution in [0.5, 0.6) is 0 Å². The summed E-state index contributed by atoms with van der Waals surface area (Å²) in [5, 5.41) is 12.7. The van der Waals surface area contributed by atoms with E-state index in [-0.39, 0.29) is 17.3 Å². The van der Waals surface area contributed by atoms with Gasteiger partial charge in [0.25, 0.3) is 0 Å². The summed E-state index contributed by atoms with van der Waals surface area (Å²) in [5.74, 6) is -0.169. The van der Waals surface area contributed by atoms with Gasteiger partial charge >= 0.3 is 0 Å². The van der Waals surface area contributed by atoms with Gasteiger partial charge in [0.2, 0.25) is 15.9 Å². The van der Waals surface area contributed by atoms with Crippen LogP contribution in [0, 0.1) is 11.3 Å². The fraction of sp³-hybridized carbons (Fsp3) is 0.619. The third-order valence-electron chi connectivity index (χ3n) is 6.14. The van der Waals surface area contributed by atoms with Crippen molar-refractivity contribution >= 4 is 21.6 Å². The number of likely N-dealkylation sites (N-methyl/N-ethyl adjacent to an activating group) is 1. The number of benzene rings is 1. The topological polar surface area (TPSA) is 93.5 Å². The Morgan fingerprint density at radius 3 is 2.48 bits per heavy atom. The predicted octanol–water partition coefficient (Wildman–Crippen LogP) is 2.96. The van der Waals surface area contributed by atoms with E-state index >= 15 is 0 Å². The molecule has 1 aliphatic heterocycles. The highest BCUT2D eigenvalue weighted by Crippen LogP contribution is 2.32. The molecule has 0 atom stereocenters. The fourth-order valence-corrected chi connectivity index (χ4v) is 5.78. The van der Waals surface area contributed by atoms with Gasteiger partial charge in [0, 0.05) is 25.8 Å². The molecule has 0 spiro atoms. The number of rotatable bonds is 6. The van der Waals surface area contributed by atoms with Gasteiger partial charge in [-0.05, 0) is 43.9 Å². The number of hydrogen-bond acceptors (Lipinski definition) is 5. The average Bonchev–Trinajstić information content (AvgIpc) is 2.78. The van der Waals surface area contributed by atoms with Crippen molar-refractivity contribution in [3.8, 4) is 6.07 Å². The number of piperidine rings is 1. The molecule has 29 heavy (non-hydrogen) atoms. The largest absolute Gasteiger partial charge is 0.376 e. The zero-order valence-electron chi connectivity index (χ0n) is 17.1. The van der Waals surface area contributed by atoms with Crippen LogP contribution in [0.4, 0.5) is 5.69 Å². The van der Waals surface area contributed by atoms with Crippen molar-refractivity contribution in [1.29, 1.82) is 5.26 Å². The van der Waals surface area contributed by atoms with Crippen LogP contribution >= 0.6 is 0 Å². The predicted molar refractivity (Wildman–Crippen MR) is 112 cm³/mol. The zero-order valence-corrected chi connectivity index (χ0v) is 17.9. The first kappa shape index (κ1) is 21.6. The molecule has 1 aromatic rings. The summed E-state index contributed by atoms with van der Waals surface area (Å²) >= 11 is 0. The molecule has 0 aromatic heterocycles. The van der Waals surface area contributed by atoms with E-state index in [1.54, 1.807) is 36.2 Å². The fourth-order valence-electron chi connectivity index (χ4n) is 4.21. The molecular weight excluding hydrogens is 388 g/mol. The molecule has 1 N–H and O–H groups in total. The Kier molecular flexibility index (Phi) is 6.81. The second-order valence-electron chi connectivity index (χ2n) is 8.00. The van der Waals surface area contributed by atoms with Crippen molar-refractivity contribution < 1.29 is 13.2 Å². The maximum atomic E-state index is 12.9. The smallest absolute Gasteiger partial charge is 0.243 e. The molecule has 8 heteroatoms. The molecule has 1 aromatic carbocycles. The van der Waals surface area contributed by atoms with Crippen LogP contribution in [0.1, 0.15) is 51.4 Å². The Labute approximate surface area is 173 Å². The minimum atomic E-state index is -3.52. The van der Waals surface area contributed by atoms with E-state index in [0.29, 0.717) is 31.6 Å². The number of sulfonamides is 1. The number of nitriles is 1. The SMILES string of the molecule is CN(C(=O)CNc1cccc(S(=O)(=O)N2CCCCC2)c1)C1(C#N)CCCCC1. The Hall–Kier alpha value is -2.11. The zero-order chi connectivity index (χ0) is 20.9. The van der Waals surface area contributed by atoms with Crippen LogP contribution in [0.3, 0.4) is 0 Å². The quantitative estimate of drug-likeness (QED) is 0.767. The van der Waals surface area contributed by atoms with E-state index in [9.17, 15) is 18.5 Å². The number of carbonyl (C=O) groups is 1. The minimum absolute atomic E-state index is 0.0210. The highest BCUT2D eigenvalue weighted by molar-refractivity contribution is 7.89. The number of anilines is 1. The van der Waals surface area contributed by atoms with Crippen LogP contribution in [0.25, 0.3) is 0 Å². The first-order chi connectivity index (χ1) is 13.9. The van der Waals surface area contributed by atoms with E-state index < -0.39 is 15.6 Å². The third-order valence-corrected chi connectivity index (χ3v) is 8.03. The molecule has 1 amide bonds. The molecule has 1 aliphatic carbocycles. The molecule has 7 nitrogen and oxygen atoms in total. The Balaban J connectivity index is 1.66. The van der Waals surface area contributed by atoms with Crippen LogP contribution < -0.4 is 5.32 Å². The number of nitrogens with one attached hydrogen (secondary N) is 1. The van der Waals surface area contributed by atoms with Crippen molar-refractivity contribution in [2.24, 2.45) is 0 Å². The summed E-state index contributed by atoms with van der Waals surface area (Å²) in [5.41, 5.74) is -0.143. The Bertz CT molecular complexity index is 866. The monoisotopic (exact) mass is 418 g/mol. The summed E-state index contributed by atoms with van der Waals surface area (Å²) in [6.45, 7) is 1.13. The van der Waals surface area contributed by atoms with Gasteiger partial charge < -0.3 is 10.2 Å². The van der Waals surface area contributed by atoms with Crippen LogP contribution in [0.15, 0.2) is 29.2 Å². The molecule has 1 heterocycles. The van der Waals surface area contributed by atoms with Gasteiger partial charge in [-0.15, -0.1) is 0 Å². The molecule has 0 bridgehead atoms. The molecule has 0 radical (unpaired) electrons. The maximum Gasteiger partial charge on any atom is 0.243 e. The first-order valence-electron chi connectivity index (χ1n) is 10.4. The van der Waals surface area contributed by atoms with Gasteiger partial charge in [0.05, 0.1) is 17.5 Å². The summed E-state index contributed by atoms with van der Waals surface area (Å²) in [6, 6.07) is 8.97. The van der Waals surface area contributed by atoms with E-state index in [4.69, 9.17) is 0 Å². The number of nitrogens with zero attached hydrogens (tertiary/aromatic N) is 3. The molecule has 0 unspecified atom stereocenters. The first-order valence-corrected chi connectivity index (χ1v) is 11.9. The summed E-state index contributed by atoms with van der Waals surface area (Å²) in [7, 11) is -1.83. The molecular formula is C21H30N4O3S. The van der Waals surface area contributed by atoms with Crippen molar-refractivity contribution in [3.63, 3.8) is 0 Å². The highest BCUT2D eigenvalue weighted by atomic mass is 32.2. The standard InChI is InChI=1S/C21H30N4O3S/c1-24(21(17-22)11-4-2-5-12-21)20(26)16-23-18-9-8-10-19(15-18)29(27,28)25-13-6-3-7-14-25/h8-10,15,23H,2-7,11-14,16H2,1H3. The normalized spacial score (nSPS) is 19.9. The number of hydrogen-bond donors (Lipinski definition) is 1. The van der Waals surface area contributed by atoms with E-state index in [2.05, 4.69) is 11.4 Å². The lowest BCUT2D eigenvalue weighted by Crippen LogP contribution is -2.51. The molecule has 3 rings (SSSR count). The molecule has 2 aliphatic rings. The van der Waals surface area contributed by atoms with Gasteiger partial charge in [-0.2, -0.15) is 9.57 Å². The van der Waals surface area contributed by atoms with E-state index in [0.717, 1.165) is 38.5 Å². The van der Waals surface area contributed by atoms with Crippen molar-refractivity contribution in [1.82, 2.24) is 9.21 Å². The Morgan fingerprint density at radius 1 is 1.17 bits per heavy atom.